The number of thiophene rings is 1. The second-order valence-electron chi connectivity index (χ2n) is 11.4. The lowest BCUT2D eigenvalue weighted by atomic mass is 10.0. The number of hydrogen-bond acceptors (Lipinski definition) is 8. The van der Waals surface area contributed by atoms with E-state index < -0.39 is 23.0 Å². The molecule has 5 rings (SSSR count). The number of benzene rings is 4. The van der Waals surface area contributed by atoms with Gasteiger partial charge in [0.05, 0.1) is 19.5 Å². The Hall–Kier alpha value is -5.65. The van der Waals surface area contributed by atoms with Crippen molar-refractivity contribution in [3.63, 3.8) is 0 Å². The quantitative estimate of drug-likeness (QED) is 0.0634. The van der Waals surface area contributed by atoms with E-state index in [1.807, 2.05) is 49.6 Å². The van der Waals surface area contributed by atoms with E-state index in [1.165, 1.54) is 30.2 Å². The molecule has 3 N–H and O–H groups in total. The number of thioether (sulfide) groups is 1. The molecule has 1 aromatic heterocycles. The summed E-state index contributed by atoms with van der Waals surface area (Å²) in [6.07, 6.45) is 2.07. The topological polar surface area (TPSA) is 123 Å². The van der Waals surface area contributed by atoms with Gasteiger partial charge in [-0.25, -0.2) is 4.79 Å². The Labute approximate surface area is 305 Å². The van der Waals surface area contributed by atoms with Crippen LogP contribution in [0.25, 0.3) is 17.2 Å². The van der Waals surface area contributed by atoms with Crippen LogP contribution < -0.4 is 20.7 Å². The summed E-state index contributed by atoms with van der Waals surface area (Å²) >= 11 is 2.60. The molecule has 0 bridgehead atoms. The van der Waals surface area contributed by atoms with Gasteiger partial charge in [0.1, 0.15) is 22.0 Å². The summed E-state index contributed by atoms with van der Waals surface area (Å²) in [5.74, 6) is -1.18. The minimum atomic E-state index is -0.536. The summed E-state index contributed by atoms with van der Waals surface area (Å²) in [5.41, 5.74) is 4.49. The van der Waals surface area contributed by atoms with Crippen molar-refractivity contribution in [2.45, 2.75) is 30.4 Å². The third-order valence-electron chi connectivity index (χ3n) is 7.75. The van der Waals surface area contributed by atoms with Crippen LogP contribution in [-0.4, -0.2) is 43.2 Å². The number of nitrogens with one attached hydrogen (secondary N) is 3. The predicted molar refractivity (Wildman–Crippen MR) is 204 cm³/mol. The summed E-state index contributed by atoms with van der Waals surface area (Å²) in [5, 5.41) is 10.3. The van der Waals surface area contributed by atoms with Crippen molar-refractivity contribution in [3.05, 3.63) is 136 Å². The number of hydrogen-bond donors (Lipinski definition) is 3. The van der Waals surface area contributed by atoms with Crippen LogP contribution in [-0.2, 0) is 14.3 Å². The summed E-state index contributed by atoms with van der Waals surface area (Å²) in [6, 6.07) is 30.6. The zero-order chi connectivity index (χ0) is 36.3. The third-order valence-corrected chi connectivity index (χ3v) is 10.0. The highest BCUT2D eigenvalue weighted by atomic mass is 32.2. The first-order valence-corrected chi connectivity index (χ1v) is 17.8. The SMILES string of the molecule is CCC(Sc1cccc(NC(=O)/C(=C/c2cccc(OC)c2)NC(=O)c2ccccc2)c1)C(=O)Nc1scc(-c2ccc(C)cc2)c1C(=O)OC. The van der Waals surface area contributed by atoms with Crippen molar-refractivity contribution in [1.29, 1.82) is 0 Å². The lowest BCUT2D eigenvalue weighted by Crippen LogP contribution is -2.30. The first-order valence-electron chi connectivity index (χ1n) is 16.1. The van der Waals surface area contributed by atoms with Crippen LogP contribution in [0.4, 0.5) is 10.7 Å². The van der Waals surface area contributed by atoms with Crippen LogP contribution in [0.2, 0.25) is 0 Å². The molecule has 51 heavy (non-hydrogen) atoms. The molecule has 0 aliphatic carbocycles. The Balaban J connectivity index is 1.33. The van der Waals surface area contributed by atoms with Gasteiger partial charge in [-0.1, -0.05) is 73.2 Å². The Bertz CT molecular complexity index is 2060. The largest absolute Gasteiger partial charge is 0.497 e. The maximum atomic E-state index is 13.6. The number of esters is 1. The molecule has 9 nitrogen and oxygen atoms in total. The summed E-state index contributed by atoms with van der Waals surface area (Å²) in [6.45, 7) is 3.89. The van der Waals surface area contributed by atoms with E-state index in [9.17, 15) is 19.2 Å². The molecular formula is C40H37N3O6S2. The third kappa shape index (κ3) is 9.53. The number of aryl methyl sites for hydroxylation is 1. The van der Waals surface area contributed by atoms with Gasteiger partial charge in [-0.3, -0.25) is 14.4 Å². The van der Waals surface area contributed by atoms with Crippen molar-refractivity contribution in [3.8, 4) is 16.9 Å². The molecule has 0 saturated heterocycles. The van der Waals surface area contributed by atoms with E-state index in [0.29, 0.717) is 45.1 Å². The van der Waals surface area contributed by atoms with Crippen LogP contribution in [0.5, 0.6) is 5.75 Å². The molecule has 0 spiro atoms. The molecule has 260 valence electrons. The van der Waals surface area contributed by atoms with Crippen LogP contribution in [0, 0.1) is 6.92 Å². The zero-order valence-corrected chi connectivity index (χ0v) is 30.2. The van der Waals surface area contributed by atoms with E-state index >= 15 is 0 Å². The fourth-order valence-electron chi connectivity index (χ4n) is 5.07. The van der Waals surface area contributed by atoms with Crippen LogP contribution >= 0.6 is 23.1 Å². The second kappa shape index (κ2) is 17.3. The van der Waals surface area contributed by atoms with E-state index in [0.717, 1.165) is 16.0 Å². The second-order valence-corrected chi connectivity index (χ2v) is 13.5. The molecule has 3 amide bonds. The van der Waals surface area contributed by atoms with Gasteiger partial charge in [-0.05, 0) is 73.0 Å². The van der Waals surface area contributed by atoms with Gasteiger partial charge in [0, 0.05) is 27.1 Å². The summed E-state index contributed by atoms with van der Waals surface area (Å²) < 4.78 is 10.4. The highest BCUT2D eigenvalue weighted by Gasteiger charge is 2.25. The molecule has 1 atom stereocenters. The fourth-order valence-corrected chi connectivity index (χ4v) is 7.04. The molecule has 0 radical (unpaired) electrons. The minimum Gasteiger partial charge on any atom is -0.497 e. The van der Waals surface area contributed by atoms with Gasteiger partial charge in [-0.2, -0.15) is 0 Å². The monoisotopic (exact) mass is 719 g/mol. The van der Waals surface area contributed by atoms with E-state index in [-0.39, 0.29) is 11.6 Å². The predicted octanol–water partition coefficient (Wildman–Crippen LogP) is 8.44. The highest BCUT2D eigenvalue weighted by molar-refractivity contribution is 8.00. The average molecular weight is 720 g/mol. The van der Waals surface area contributed by atoms with Crippen LogP contribution in [0.3, 0.4) is 0 Å². The number of methoxy groups -OCH3 is 2. The normalized spacial score (nSPS) is 11.6. The molecular weight excluding hydrogens is 683 g/mol. The van der Waals surface area contributed by atoms with Crippen molar-refractivity contribution in [2.75, 3.05) is 24.9 Å². The first-order chi connectivity index (χ1) is 24.7. The zero-order valence-electron chi connectivity index (χ0n) is 28.5. The average Bonchev–Trinajstić information content (AvgIpc) is 3.57. The van der Waals surface area contributed by atoms with Gasteiger partial charge in [0.15, 0.2) is 0 Å². The van der Waals surface area contributed by atoms with Crippen molar-refractivity contribution in [1.82, 2.24) is 5.32 Å². The summed E-state index contributed by atoms with van der Waals surface area (Å²) in [7, 11) is 2.87. The standard InChI is InChI=1S/C40H37N3O6S2/c1-5-34(38(46)43-39-35(40(47)49-4)32(24-50-39)27-19-17-25(2)18-20-27)51-31-16-10-14-29(23-31)41-37(45)33(22-26-11-9-15-30(21-26)48-3)42-36(44)28-12-7-6-8-13-28/h6-24,34H,5H2,1-4H3,(H,41,45)(H,42,44)(H,43,46)/b33-22-. The van der Waals surface area contributed by atoms with Gasteiger partial charge < -0.3 is 25.4 Å². The maximum Gasteiger partial charge on any atom is 0.341 e. The molecule has 1 heterocycles. The van der Waals surface area contributed by atoms with Crippen molar-refractivity contribution in [2.24, 2.45) is 0 Å². The Morgan fingerprint density at radius 2 is 1.61 bits per heavy atom. The van der Waals surface area contributed by atoms with E-state index in [2.05, 4.69) is 16.0 Å². The first kappa shape index (κ1) is 36.6. The highest BCUT2D eigenvalue weighted by Crippen LogP contribution is 2.37. The van der Waals surface area contributed by atoms with Crippen LogP contribution in [0.15, 0.2) is 119 Å². The number of rotatable bonds is 13. The number of amides is 3. The van der Waals surface area contributed by atoms with Crippen molar-refractivity contribution < 1.29 is 28.7 Å². The van der Waals surface area contributed by atoms with E-state index in [1.54, 1.807) is 86.0 Å². The number of anilines is 2. The molecule has 1 unspecified atom stereocenters. The molecule has 0 saturated carbocycles. The van der Waals surface area contributed by atoms with Crippen molar-refractivity contribution >= 4 is 63.6 Å². The van der Waals surface area contributed by atoms with Gasteiger partial charge in [-0.15, -0.1) is 23.1 Å². The number of carbonyl (C=O) groups is 4. The molecule has 0 fully saturated rings. The Kier molecular flexibility index (Phi) is 12.4. The number of carbonyl (C=O) groups excluding carboxylic acids is 4. The molecule has 0 aliphatic heterocycles. The number of ether oxygens (including phenoxy) is 2. The molecule has 0 aliphatic rings. The smallest absolute Gasteiger partial charge is 0.341 e. The van der Waals surface area contributed by atoms with Gasteiger partial charge >= 0.3 is 5.97 Å². The Morgan fingerprint density at radius 3 is 2.31 bits per heavy atom. The summed E-state index contributed by atoms with van der Waals surface area (Å²) in [4.78, 5) is 53.9. The van der Waals surface area contributed by atoms with Crippen LogP contribution in [0.1, 0.15) is 45.2 Å². The lowest BCUT2D eigenvalue weighted by Gasteiger charge is -2.16. The molecule has 5 aromatic rings. The fraction of sp³-hybridized carbons (Fsp3) is 0.150. The maximum absolute atomic E-state index is 13.6. The Morgan fingerprint density at radius 1 is 0.863 bits per heavy atom. The van der Waals surface area contributed by atoms with Gasteiger partial charge in [0.2, 0.25) is 5.91 Å². The molecule has 4 aromatic carbocycles. The van der Waals surface area contributed by atoms with E-state index in [4.69, 9.17) is 9.47 Å². The minimum absolute atomic E-state index is 0.0309. The lowest BCUT2D eigenvalue weighted by molar-refractivity contribution is -0.116. The van der Waals surface area contributed by atoms with Gasteiger partial charge in [0.25, 0.3) is 11.8 Å². The molecule has 11 heteroatoms.